The highest BCUT2D eigenvalue weighted by Crippen LogP contribution is 2.34. The summed E-state index contributed by atoms with van der Waals surface area (Å²) in [6, 6.07) is 14.1. The maximum absolute atomic E-state index is 10.1. The second-order valence-corrected chi connectivity index (χ2v) is 9.34. The van der Waals surface area contributed by atoms with Gasteiger partial charge in [0.15, 0.2) is 0 Å². The van der Waals surface area contributed by atoms with Crippen LogP contribution in [0.3, 0.4) is 0 Å². The molecule has 0 amide bonds. The monoisotopic (exact) mass is 484 g/mol. The van der Waals surface area contributed by atoms with E-state index in [1.54, 1.807) is 7.11 Å². The Labute approximate surface area is 209 Å². The fourth-order valence-electron chi connectivity index (χ4n) is 4.69. The summed E-state index contributed by atoms with van der Waals surface area (Å²) < 4.78 is 11.7. The average molecular weight is 485 g/mol. The Hall–Kier alpha value is -1.87. The molecule has 4 rings (SSSR count). The quantitative estimate of drug-likeness (QED) is 0.523. The number of aliphatic hydroxyl groups is 2. The summed E-state index contributed by atoms with van der Waals surface area (Å²) in [7, 11) is 1.75. The maximum Gasteiger partial charge on any atom is 0.128 e. The zero-order valence-corrected chi connectivity index (χ0v) is 21.3. The Morgan fingerprint density at radius 2 is 1.79 bits per heavy atom. The molecule has 0 aromatic heterocycles. The van der Waals surface area contributed by atoms with Gasteiger partial charge in [-0.05, 0) is 67.0 Å². The standard InChI is InChI=1S/C27H31ClO4.C2H6/c1-31-27(11-2-3-12-27)13-10-19-4-6-20(7-5-19)14-22-15-21(8-9-25(22)28)26-17-23(30)16-24(18-29)32-26;1-2/h4-9,15,23-24,26,29-30H,2-3,11-12,14,16-18H2,1H3;1-2H3/t23-,24-,26+;/m0./s1. The zero-order valence-electron chi connectivity index (χ0n) is 20.5. The predicted octanol–water partition coefficient (Wildman–Crippen LogP) is 5.84. The van der Waals surface area contributed by atoms with Gasteiger partial charge in [0.1, 0.15) is 5.60 Å². The van der Waals surface area contributed by atoms with Gasteiger partial charge in [0.05, 0.1) is 24.9 Å². The Morgan fingerprint density at radius 3 is 2.44 bits per heavy atom. The zero-order chi connectivity index (χ0) is 24.6. The number of halogens is 1. The van der Waals surface area contributed by atoms with E-state index in [0.717, 1.165) is 35.1 Å². The molecule has 5 heteroatoms. The van der Waals surface area contributed by atoms with Crippen LogP contribution >= 0.6 is 11.6 Å². The van der Waals surface area contributed by atoms with Crippen LogP contribution in [-0.2, 0) is 15.9 Å². The van der Waals surface area contributed by atoms with E-state index < -0.39 is 6.10 Å². The molecule has 2 N–H and O–H groups in total. The summed E-state index contributed by atoms with van der Waals surface area (Å²) in [4.78, 5) is 0. The first-order valence-electron chi connectivity index (χ1n) is 12.4. The summed E-state index contributed by atoms with van der Waals surface area (Å²) in [6.45, 7) is 3.91. The normalized spacial score (nSPS) is 23.4. The van der Waals surface area contributed by atoms with Crippen LogP contribution in [0.4, 0.5) is 0 Å². The average Bonchev–Trinajstić information content (AvgIpc) is 3.35. The van der Waals surface area contributed by atoms with Crippen molar-refractivity contribution in [1.82, 2.24) is 0 Å². The van der Waals surface area contributed by atoms with Crippen LogP contribution in [-0.4, -0.2) is 41.7 Å². The minimum atomic E-state index is -0.472. The number of methoxy groups -OCH3 is 1. The first kappa shape index (κ1) is 26.7. The molecule has 0 radical (unpaired) electrons. The fourth-order valence-corrected chi connectivity index (χ4v) is 4.88. The number of hydrogen-bond donors (Lipinski definition) is 2. The van der Waals surface area contributed by atoms with Crippen molar-refractivity contribution in [2.75, 3.05) is 13.7 Å². The van der Waals surface area contributed by atoms with E-state index in [1.165, 1.54) is 12.8 Å². The summed E-state index contributed by atoms with van der Waals surface area (Å²) in [5.41, 5.74) is 3.84. The molecule has 2 aromatic carbocycles. The van der Waals surface area contributed by atoms with Crippen LogP contribution in [0.2, 0.25) is 5.02 Å². The van der Waals surface area contributed by atoms with Gasteiger partial charge in [-0.25, -0.2) is 0 Å². The van der Waals surface area contributed by atoms with E-state index in [-0.39, 0.29) is 24.4 Å². The predicted molar refractivity (Wildman–Crippen MR) is 137 cm³/mol. The number of rotatable bonds is 5. The summed E-state index contributed by atoms with van der Waals surface area (Å²) >= 11 is 6.49. The Kier molecular flexibility index (Phi) is 10.0. The van der Waals surface area contributed by atoms with Crippen LogP contribution in [0.25, 0.3) is 0 Å². The van der Waals surface area contributed by atoms with E-state index in [2.05, 4.69) is 30.0 Å². The van der Waals surface area contributed by atoms with E-state index >= 15 is 0 Å². The lowest BCUT2D eigenvalue weighted by Crippen LogP contribution is -2.33. The van der Waals surface area contributed by atoms with Gasteiger partial charge < -0.3 is 19.7 Å². The molecular weight excluding hydrogens is 448 g/mol. The van der Waals surface area contributed by atoms with Crippen LogP contribution < -0.4 is 0 Å². The van der Waals surface area contributed by atoms with Crippen molar-refractivity contribution >= 4 is 11.6 Å². The Balaban J connectivity index is 0.00000158. The lowest BCUT2D eigenvalue weighted by molar-refractivity contribution is -0.113. The molecule has 2 aliphatic rings. The third-order valence-electron chi connectivity index (χ3n) is 6.61. The van der Waals surface area contributed by atoms with Gasteiger partial charge in [0, 0.05) is 30.5 Å². The van der Waals surface area contributed by atoms with E-state index in [4.69, 9.17) is 21.1 Å². The Bertz CT molecular complexity index is 970. The van der Waals surface area contributed by atoms with Crippen molar-refractivity contribution < 1.29 is 19.7 Å². The molecule has 4 nitrogen and oxygen atoms in total. The highest BCUT2D eigenvalue weighted by Gasteiger charge is 2.31. The highest BCUT2D eigenvalue weighted by molar-refractivity contribution is 6.31. The van der Waals surface area contributed by atoms with Gasteiger partial charge in [0.25, 0.3) is 0 Å². The van der Waals surface area contributed by atoms with Gasteiger partial charge in [-0.3, -0.25) is 0 Å². The number of hydrogen-bond acceptors (Lipinski definition) is 4. The number of benzene rings is 2. The van der Waals surface area contributed by atoms with Crippen LogP contribution in [0.5, 0.6) is 0 Å². The molecule has 2 aromatic rings. The molecule has 34 heavy (non-hydrogen) atoms. The van der Waals surface area contributed by atoms with Gasteiger partial charge >= 0.3 is 0 Å². The van der Waals surface area contributed by atoms with Crippen molar-refractivity contribution in [1.29, 1.82) is 0 Å². The lowest BCUT2D eigenvalue weighted by atomic mass is 9.94. The molecule has 3 atom stereocenters. The molecule has 1 heterocycles. The van der Waals surface area contributed by atoms with E-state index in [0.29, 0.717) is 24.3 Å². The van der Waals surface area contributed by atoms with Crippen LogP contribution in [0.15, 0.2) is 42.5 Å². The summed E-state index contributed by atoms with van der Waals surface area (Å²) in [5, 5.41) is 20.3. The molecule has 0 spiro atoms. The summed E-state index contributed by atoms with van der Waals surface area (Å²) in [6.07, 6.45) is 4.99. The molecule has 0 unspecified atom stereocenters. The first-order chi connectivity index (χ1) is 16.5. The second-order valence-electron chi connectivity index (χ2n) is 8.93. The summed E-state index contributed by atoms with van der Waals surface area (Å²) in [5.74, 6) is 6.63. The molecule has 2 fully saturated rings. The van der Waals surface area contributed by atoms with Crippen molar-refractivity contribution in [2.24, 2.45) is 0 Å². The minimum absolute atomic E-state index is 0.0885. The largest absolute Gasteiger partial charge is 0.394 e. The number of aliphatic hydroxyl groups excluding tert-OH is 2. The van der Waals surface area contributed by atoms with Gasteiger partial charge in [-0.1, -0.05) is 61.6 Å². The number of ether oxygens (including phenoxy) is 2. The molecule has 1 saturated carbocycles. The minimum Gasteiger partial charge on any atom is -0.394 e. The van der Waals surface area contributed by atoms with E-state index in [1.807, 2.05) is 38.1 Å². The molecule has 1 aliphatic heterocycles. The third-order valence-corrected chi connectivity index (χ3v) is 6.98. The van der Waals surface area contributed by atoms with Crippen LogP contribution in [0.1, 0.15) is 80.7 Å². The molecule has 1 aliphatic carbocycles. The molecule has 184 valence electrons. The van der Waals surface area contributed by atoms with Crippen molar-refractivity contribution in [3.63, 3.8) is 0 Å². The highest BCUT2D eigenvalue weighted by atomic mass is 35.5. The second kappa shape index (κ2) is 12.7. The fraction of sp³-hybridized carbons (Fsp3) is 0.517. The van der Waals surface area contributed by atoms with Gasteiger partial charge in [0.2, 0.25) is 0 Å². The van der Waals surface area contributed by atoms with Crippen molar-refractivity contribution in [3.8, 4) is 11.8 Å². The first-order valence-corrected chi connectivity index (χ1v) is 12.8. The Morgan fingerprint density at radius 1 is 1.09 bits per heavy atom. The smallest absolute Gasteiger partial charge is 0.128 e. The molecule has 1 saturated heterocycles. The van der Waals surface area contributed by atoms with Gasteiger partial charge in [-0.15, -0.1) is 0 Å². The maximum atomic E-state index is 10.1. The lowest BCUT2D eigenvalue weighted by Gasteiger charge is -2.32. The molecular formula is C29H37ClO4. The van der Waals surface area contributed by atoms with Crippen molar-refractivity contribution in [2.45, 2.75) is 82.7 Å². The topological polar surface area (TPSA) is 58.9 Å². The van der Waals surface area contributed by atoms with Gasteiger partial charge in [-0.2, -0.15) is 0 Å². The SMILES string of the molecule is CC.COC1(C#Cc2ccc(Cc3cc([C@H]4C[C@@H](O)C[C@@H](CO)O4)ccc3Cl)cc2)CCCC1. The van der Waals surface area contributed by atoms with E-state index in [9.17, 15) is 10.2 Å². The third kappa shape index (κ3) is 6.84. The molecule has 0 bridgehead atoms. The van der Waals surface area contributed by atoms with Crippen LogP contribution in [0, 0.1) is 11.8 Å². The van der Waals surface area contributed by atoms with Crippen molar-refractivity contribution in [3.05, 3.63) is 69.7 Å².